The maximum absolute atomic E-state index is 9.96. The lowest BCUT2D eigenvalue weighted by Crippen LogP contribution is -2.59. The highest BCUT2D eigenvalue weighted by atomic mass is 16.7. The normalized spacial score (nSPS) is 49.5. The molecular formula is C13H24O11. The molecule has 0 unspecified atom stereocenters. The van der Waals surface area contributed by atoms with Gasteiger partial charge in [-0.15, -0.1) is 0 Å². The van der Waals surface area contributed by atoms with Gasteiger partial charge in [0.2, 0.25) is 5.79 Å². The number of aliphatic hydroxyl groups is 7. The Morgan fingerprint density at radius 3 is 2.08 bits per heavy atom. The molecule has 2 aliphatic heterocycles. The number of rotatable bonds is 6. The summed E-state index contributed by atoms with van der Waals surface area (Å²) in [6.07, 6.45) is -11.3. The standard InChI is InChI=1S/C13H24O11/c1-21-13(4-15)11(20)8(17)6(24-13)3-22-12-10(19)9(18)7(16)5(2-14)23-12/h5-12,14-20H,2-4H2,1H3/t5-,6-,7-,8-,9+,10-,11+,12+,13-/m1/s1. The monoisotopic (exact) mass is 356 g/mol. The van der Waals surface area contributed by atoms with Crippen molar-refractivity contribution >= 4 is 0 Å². The van der Waals surface area contributed by atoms with Gasteiger partial charge < -0.3 is 54.7 Å². The van der Waals surface area contributed by atoms with Gasteiger partial charge in [0.15, 0.2) is 6.29 Å². The molecule has 2 rings (SSSR count). The molecule has 0 bridgehead atoms. The molecule has 7 N–H and O–H groups in total. The van der Waals surface area contributed by atoms with E-state index in [1.807, 2.05) is 0 Å². The van der Waals surface area contributed by atoms with E-state index in [4.69, 9.17) is 24.1 Å². The van der Waals surface area contributed by atoms with E-state index in [9.17, 15) is 30.6 Å². The van der Waals surface area contributed by atoms with Gasteiger partial charge in [-0.25, -0.2) is 0 Å². The Morgan fingerprint density at radius 1 is 0.917 bits per heavy atom. The van der Waals surface area contributed by atoms with E-state index >= 15 is 0 Å². The quantitative estimate of drug-likeness (QED) is 0.243. The van der Waals surface area contributed by atoms with Crippen LogP contribution in [0.3, 0.4) is 0 Å². The van der Waals surface area contributed by atoms with Crippen molar-refractivity contribution in [2.75, 3.05) is 26.9 Å². The first kappa shape index (κ1) is 19.9. The highest BCUT2D eigenvalue weighted by molar-refractivity contribution is 4.97. The molecule has 11 nitrogen and oxygen atoms in total. The summed E-state index contributed by atoms with van der Waals surface area (Å²) < 4.78 is 20.6. The van der Waals surface area contributed by atoms with Gasteiger partial charge in [-0.2, -0.15) is 0 Å². The van der Waals surface area contributed by atoms with Crippen molar-refractivity contribution in [2.45, 2.75) is 54.8 Å². The molecule has 0 saturated carbocycles. The van der Waals surface area contributed by atoms with Gasteiger partial charge in [0.1, 0.15) is 49.3 Å². The van der Waals surface area contributed by atoms with E-state index in [2.05, 4.69) is 0 Å². The van der Waals surface area contributed by atoms with Crippen LogP contribution in [0.1, 0.15) is 0 Å². The fourth-order valence-electron chi connectivity index (χ4n) is 2.75. The molecule has 0 aliphatic carbocycles. The zero-order chi connectivity index (χ0) is 18.1. The predicted molar refractivity (Wildman–Crippen MR) is 73.4 cm³/mol. The Morgan fingerprint density at radius 2 is 1.58 bits per heavy atom. The third kappa shape index (κ3) is 3.43. The first-order valence-electron chi connectivity index (χ1n) is 7.43. The smallest absolute Gasteiger partial charge is 0.221 e. The minimum atomic E-state index is -1.80. The van der Waals surface area contributed by atoms with Crippen LogP contribution in [0.2, 0.25) is 0 Å². The van der Waals surface area contributed by atoms with Crippen molar-refractivity contribution < 1.29 is 54.7 Å². The number of ether oxygens (including phenoxy) is 4. The summed E-state index contributed by atoms with van der Waals surface area (Å²) in [5.41, 5.74) is 0. The van der Waals surface area contributed by atoms with Crippen LogP contribution in [0, 0.1) is 0 Å². The number of methoxy groups -OCH3 is 1. The molecule has 0 amide bonds. The molecule has 2 saturated heterocycles. The average molecular weight is 356 g/mol. The van der Waals surface area contributed by atoms with E-state index in [0.29, 0.717) is 0 Å². The van der Waals surface area contributed by atoms with Crippen molar-refractivity contribution in [2.24, 2.45) is 0 Å². The van der Waals surface area contributed by atoms with Crippen LogP contribution in [-0.2, 0) is 18.9 Å². The largest absolute Gasteiger partial charge is 0.394 e. The van der Waals surface area contributed by atoms with Crippen molar-refractivity contribution in [3.63, 3.8) is 0 Å². The first-order chi connectivity index (χ1) is 11.3. The van der Waals surface area contributed by atoms with Crippen LogP contribution < -0.4 is 0 Å². The van der Waals surface area contributed by atoms with Gasteiger partial charge in [-0.05, 0) is 0 Å². The molecule has 0 aromatic rings. The van der Waals surface area contributed by atoms with Crippen LogP contribution in [-0.4, -0.2) is 117 Å². The molecule has 0 radical (unpaired) electrons. The molecule has 2 aliphatic rings. The van der Waals surface area contributed by atoms with Gasteiger partial charge >= 0.3 is 0 Å². The summed E-state index contributed by atoms with van der Waals surface area (Å²) in [6, 6.07) is 0. The summed E-state index contributed by atoms with van der Waals surface area (Å²) in [5.74, 6) is -1.80. The Hall–Kier alpha value is -0.440. The van der Waals surface area contributed by atoms with Crippen LogP contribution in [0.25, 0.3) is 0 Å². The highest BCUT2D eigenvalue weighted by Crippen LogP contribution is 2.32. The molecule has 2 fully saturated rings. The van der Waals surface area contributed by atoms with Crippen molar-refractivity contribution in [1.82, 2.24) is 0 Å². The Balaban J connectivity index is 1.97. The van der Waals surface area contributed by atoms with Gasteiger partial charge in [0.25, 0.3) is 0 Å². The first-order valence-corrected chi connectivity index (χ1v) is 7.43. The predicted octanol–water partition coefficient (Wildman–Crippen LogP) is -4.74. The van der Waals surface area contributed by atoms with Crippen LogP contribution >= 0.6 is 0 Å². The SMILES string of the molecule is CO[C@]1(CO)O[C@H](CO[C@H]2O[C@H](CO)[C@@H](O)[C@H](O)[C@H]2O)[C@@H](O)[C@@H]1O. The van der Waals surface area contributed by atoms with Crippen molar-refractivity contribution in [3.8, 4) is 0 Å². The summed E-state index contributed by atoms with van der Waals surface area (Å²) in [6.45, 7) is -1.70. The molecule has 9 atom stereocenters. The second kappa shape index (κ2) is 7.85. The molecule has 142 valence electrons. The topological polar surface area (TPSA) is 179 Å². The lowest BCUT2D eigenvalue weighted by Gasteiger charge is -2.39. The Kier molecular flexibility index (Phi) is 6.50. The molecule has 0 spiro atoms. The van der Waals surface area contributed by atoms with Gasteiger partial charge in [-0.1, -0.05) is 0 Å². The maximum atomic E-state index is 9.96. The molecule has 0 aromatic heterocycles. The van der Waals surface area contributed by atoms with Gasteiger partial charge in [-0.3, -0.25) is 0 Å². The van der Waals surface area contributed by atoms with E-state index in [1.165, 1.54) is 7.11 Å². The summed E-state index contributed by atoms with van der Waals surface area (Å²) in [7, 11) is 1.19. The number of hydrogen-bond acceptors (Lipinski definition) is 11. The Bertz CT molecular complexity index is 399. The highest BCUT2D eigenvalue weighted by Gasteiger charge is 2.55. The van der Waals surface area contributed by atoms with E-state index in [0.717, 1.165) is 0 Å². The summed E-state index contributed by atoms with van der Waals surface area (Å²) >= 11 is 0. The zero-order valence-corrected chi connectivity index (χ0v) is 13.0. The molecular weight excluding hydrogens is 332 g/mol. The number of aliphatic hydroxyl groups excluding tert-OH is 7. The van der Waals surface area contributed by atoms with Crippen molar-refractivity contribution in [1.29, 1.82) is 0 Å². The zero-order valence-electron chi connectivity index (χ0n) is 13.0. The minimum Gasteiger partial charge on any atom is -0.394 e. The van der Waals surface area contributed by atoms with Crippen LogP contribution in [0.15, 0.2) is 0 Å². The minimum absolute atomic E-state index is 0.383. The van der Waals surface area contributed by atoms with Gasteiger partial charge in [0.05, 0.1) is 13.2 Å². The van der Waals surface area contributed by atoms with E-state index < -0.39 is 68.0 Å². The van der Waals surface area contributed by atoms with Crippen molar-refractivity contribution in [3.05, 3.63) is 0 Å². The van der Waals surface area contributed by atoms with Crippen LogP contribution in [0.5, 0.6) is 0 Å². The summed E-state index contributed by atoms with van der Waals surface area (Å²) in [5, 5.41) is 67.5. The lowest BCUT2D eigenvalue weighted by atomic mass is 9.99. The second-order valence-corrected chi connectivity index (χ2v) is 5.80. The summed E-state index contributed by atoms with van der Waals surface area (Å²) in [4.78, 5) is 0. The lowest BCUT2D eigenvalue weighted by molar-refractivity contribution is -0.312. The molecule has 24 heavy (non-hydrogen) atoms. The van der Waals surface area contributed by atoms with E-state index in [-0.39, 0.29) is 6.61 Å². The number of hydrogen-bond donors (Lipinski definition) is 7. The third-order valence-corrected chi connectivity index (χ3v) is 4.35. The van der Waals surface area contributed by atoms with E-state index in [1.54, 1.807) is 0 Å². The fourth-order valence-corrected chi connectivity index (χ4v) is 2.75. The fraction of sp³-hybridized carbons (Fsp3) is 1.00. The van der Waals surface area contributed by atoms with Gasteiger partial charge in [0, 0.05) is 7.11 Å². The average Bonchev–Trinajstić information content (AvgIpc) is 2.84. The maximum Gasteiger partial charge on any atom is 0.221 e. The molecule has 0 aromatic carbocycles. The van der Waals surface area contributed by atoms with Crippen LogP contribution in [0.4, 0.5) is 0 Å². The second-order valence-electron chi connectivity index (χ2n) is 5.80. The molecule has 11 heteroatoms. The third-order valence-electron chi connectivity index (χ3n) is 4.35. The molecule has 2 heterocycles. The Labute approximate surface area is 137 Å².